The molecule has 33 heavy (non-hydrogen) atoms. The molecular weight excluding hydrogens is 460 g/mol. The summed E-state index contributed by atoms with van der Waals surface area (Å²) in [5.74, 6) is 0.710. The fourth-order valence-electron chi connectivity index (χ4n) is 4.77. The van der Waals surface area contributed by atoms with E-state index >= 15 is 0 Å². The van der Waals surface area contributed by atoms with Gasteiger partial charge in [0.2, 0.25) is 0 Å². The van der Waals surface area contributed by atoms with Crippen LogP contribution >= 0.6 is 23.4 Å². The number of thioether (sulfide) groups is 1. The van der Waals surface area contributed by atoms with Crippen LogP contribution in [0.25, 0.3) is 22.2 Å². The maximum absolute atomic E-state index is 13.5. The highest BCUT2D eigenvalue weighted by Crippen LogP contribution is 2.49. The van der Waals surface area contributed by atoms with Crippen molar-refractivity contribution in [2.75, 3.05) is 20.6 Å². The highest BCUT2D eigenvalue weighted by Gasteiger charge is 2.37. The number of fused-ring (bicyclic) bond motifs is 3. The van der Waals surface area contributed by atoms with Gasteiger partial charge >= 0.3 is 5.69 Å². The second-order valence-electron chi connectivity index (χ2n) is 8.68. The van der Waals surface area contributed by atoms with Crippen molar-refractivity contribution in [2.24, 2.45) is 14.1 Å². The third-order valence-electron chi connectivity index (χ3n) is 6.14. The quantitative estimate of drug-likeness (QED) is 0.441. The lowest BCUT2D eigenvalue weighted by Gasteiger charge is -2.33. The van der Waals surface area contributed by atoms with E-state index in [-0.39, 0.29) is 21.7 Å². The number of hydrogen-bond donors (Lipinski definition) is 0. The summed E-state index contributed by atoms with van der Waals surface area (Å²) in [7, 11) is 7.36. The molecule has 0 saturated heterocycles. The molecule has 1 aliphatic rings. The molecule has 0 spiro atoms. The Kier molecular flexibility index (Phi) is 5.55. The average Bonchev–Trinajstić information content (AvgIpc) is 3.37. The van der Waals surface area contributed by atoms with E-state index < -0.39 is 0 Å². The topological polar surface area (TPSA) is 65.3 Å². The van der Waals surface area contributed by atoms with Gasteiger partial charge in [-0.15, -0.1) is 11.8 Å². The molecule has 4 heterocycles. The summed E-state index contributed by atoms with van der Waals surface area (Å²) in [6.07, 6.45) is 0. The maximum Gasteiger partial charge on any atom is 0.331 e. The molecule has 1 aliphatic heterocycles. The molecule has 1 aromatic carbocycles. The minimum atomic E-state index is -0.350. The maximum atomic E-state index is 13.5. The summed E-state index contributed by atoms with van der Waals surface area (Å²) in [5, 5.41) is 0.894. The number of halogens is 1. The predicted octanol–water partition coefficient (Wildman–Crippen LogP) is 3.72. The van der Waals surface area contributed by atoms with Crippen molar-refractivity contribution < 1.29 is 4.42 Å². The number of nitrogens with zero attached hydrogens (tertiary/aromatic N) is 4. The monoisotopic (exact) mass is 484 g/mol. The van der Waals surface area contributed by atoms with E-state index in [0.29, 0.717) is 28.4 Å². The van der Waals surface area contributed by atoms with Crippen LogP contribution in [0.4, 0.5) is 0 Å². The summed E-state index contributed by atoms with van der Waals surface area (Å²) in [6.45, 7) is 1.56. The lowest BCUT2D eigenvalue weighted by molar-refractivity contribution is 0.388. The van der Waals surface area contributed by atoms with Crippen LogP contribution in [0.1, 0.15) is 16.7 Å². The van der Waals surface area contributed by atoms with Gasteiger partial charge in [-0.2, -0.15) is 0 Å². The molecule has 4 aromatic rings. The summed E-state index contributed by atoms with van der Waals surface area (Å²) in [5.41, 5.74) is 2.68. The smallest absolute Gasteiger partial charge is 0.331 e. The van der Waals surface area contributed by atoms with E-state index in [9.17, 15) is 9.59 Å². The van der Waals surface area contributed by atoms with Gasteiger partial charge in [-0.05, 0) is 43.4 Å². The normalized spacial score (nSPS) is 18.2. The van der Waals surface area contributed by atoms with Crippen molar-refractivity contribution in [1.82, 2.24) is 18.6 Å². The molecule has 0 bridgehead atoms. The molecule has 0 saturated carbocycles. The van der Waals surface area contributed by atoms with Gasteiger partial charge in [0.15, 0.2) is 5.22 Å². The molecule has 5 rings (SSSR count). The van der Waals surface area contributed by atoms with Gasteiger partial charge in [0, 0.05) is 32.4 Å². The van der Waals surface area contributed by atoms with E-state index in [1.54, 1.807) is 29.4 Å². The Hall–Kier alpha value is -2.68. The minimum absolute atomic E-state index is 0.214. The summed E-state index contributed by atoms with van der Waals surface area (Å²) >= 11 is 7.93. The Morgan fingerprint density at radius 2 is 1.82 bits per heavy atom. The van der Waals surface area contributed by atoms with Crippen LogP contribution in [0.5, 0.6) is 0 Å². The van der Waals surface area contributed by atoms with Gasteiger partial charge in [-0.1, -0.05) is 30.3 Å². The van der Waals surface area contributed by atoms with E-state index in [0.717, 1.165) is 23.5 Å². The number of hydrogen-bond acceptors (Lipinski definition) is 5. The number of furan rings is 1. The van der Waals surface area contributed by atoms with Gasteiger partial charge in [0.05, 0.1) is 22.3 Å². The zero-order valence-corrected chi connectivity index (χ0v) is 20.5. The Labute approximate surface area is 200 Å². The molecule has 3 aromatic heterocycles. The summed E-state index contributed by atoms with van der Waals surface area (Å²) < 4.78 is 10.9. The minimum Gasteiger partial charge on any atom is -0.448 e. The Morgan fingerprint density at radius 3 is 2.45 bits per heavy atom. The molecule has 9 heteroatoms. The van der Waals surface area contributed by atoms with Crippen LogP contribution < -0.4 is 11.2 Å². The van der Waals surface area contributed by atoms with Gasteiger partial charge in [-0.25, -0.2) is 4.79 Å². The number of rotatable bonds is 4. The van der Waals surface area contributed by atoms with Crippen LogP contribution in [0.15, 0.2) is 56.5 Å². The molecule has 0 fully saturated rings. The highest BCUT2D eigenvalue weighted by molar-refractivity contribution is 8.00. The molecular formula is C24H25ClN4O3S. The molecule has 0 amide bonds. The van der Waals surface area contributed by atoms with Crippen molar-refractivity contribution >= 4 is 34.3 Å². The molecule has 0 aliphatic carbocycles. The third kappa shape index (κ3) is 3.57. The standard InChI is InChI=1S/C24H25ClN4O3S/c1-26(2)12-15-13-29-19(14-8-6-5-7-9-14)18-20(27(3)24(31)28(4)23(18)30)21(29)22(33-15)16-10-11-17(25)32-16/h5-11,15,22H,12-13H2,1-4H3. The Bertz CT molecular complexity index is 1470. The molecule has 2 atom stereocenters. The number of benzene rings is 1. The second kappa shape index (κ2) is 8.27. The van der Waals surface area contributed by atoms with Gasteiger partial charge < -0.3 is 13.9 Å². The van der Waals surface area contributed by atoms with Gasteiger partial charge in [0.25, 0.3) is 5.56 Å². The first kappa shape index (κ1) is 22.1. The van der Waals surface area contributed by atoms with Gasteiger partial charge in [0.1, 0.15) is 11.0 Å². The molecule has 7 nitrogen and oxygen atoms in total. The first-order chi connectivity index (χ1) is 15.8. The second-order valence-corrected chi connectivity index (χ2v) is 10.5. The predicted molar refractivity (Wildman–Crippen MR) is 133 cm³/mol. The molecule has 2 unspecified atom stereocenters. The van der Waals surface area contributed by atoms with E-state index in [4.69, 9.17) is 16.0 Å². The molecule has 0 N–H and O–H groups in total. The van der Waals surface area contributed by atoms with Crippen LogP contribution in [0.2, 0.25) is 5.22 Å². The molecule has 172 valence electrons. The fourth-order valence-corrected chi connectivity index (χ4v) is 6.56. The zero-order chi connectivity index (χ0) is 23.4. The van der Waals surface area contributed by atoms with Crippen LogP contribution in [-0.4, -0.2) is 44.5 Å². The van der Waals surface area contributed by atoms with Crippen LogP contribution in [0.3, 0.4) is 0 Å². The van der Waals surface area contributed by atoms with Crippen LogP contribution in [0, 0.1) is 0 Å². The van der Waals surface area contributed by atoms with Crippen molar-refractivity contribution in [1.29, 1.82) is 0 Å². The van der Waals surface area contributed by atoms with Crippen molar-refractivity contribution in [3.05, 3.63) is 80.0 Å². The fraction of sp³-hybridized carbons (Fsp3) is 0.333. The lowest BCUT2D eigenvalue weighted by Crippen LogP contribution is -2.37. The first-order valence-corrected chi connectivity index (χ1v) is 12.0. The van der Waals surface area contributed by atoms with E-state index in [2.05, 4.69) is 23.6 Å². The first-order valence-electron chi connectivity index (χ1n) is 10.7. The summed E-state index contributed by atoms with van der Waals surface area (Å²) in [6, 6.07) is 13.5. The Morgan fingerprint density at radius 1 is 1.09 bits per heavy atom. The van der Waals surface area contributed by atoms with Crippen LogP contribution in [-0.2, 0) is 20.6 Å². The summed E-state index contributed by atoms with van der Waals surface area (Å²) in [4.78, 5) is 28.6. The van der Waals surface area contributed by atoms with Crippen molar-refractivity contribution in [3.63, 3.8) is 0 Å². The average molecular weight is 485 g/mol. The zero-order valence-electron chi connectivity index (χ0n) is 18.9. The van der Waals surface area contributed by atoms with Crippen molar-refractivity contribution in [2.45, 2.75) is 17.0 Å². The van der Waals surface area contributed by atoms with E-state index in [1.165, 1.54) is 11.6 Å². The Balaban J connectivity index is 1.92. The third-order valence-corrected chi connectivity index (χ3v) is 7.75. The highest BCUT2D eigenvalue weighted by atomic mass is 35.5. The van der Waals surface area contributed by atoms with E-state index in [1.807, 2.05) is 36.4 Å². The lowest BCUT2D eigenvalue weighted by atomic mass is 10.1. The largest absolute Gasteiger partial charge is 0.448 e. The van der Waals surface area contributed by atoms with Gasteiger partial charge in [-0.3, -0.25) is 13.9 Å². The molecule has 0 radical (unpaired) electrons. The van der Waals surface area contributed by atoms with Crippen molar-refractivity contribution in [3.8, 4) is 11.3 Å². The number of aromatic nitrogens is 3. The SMILES string of the molecule is CN(C)CC1Cn2c(-c3ccccc3)c3c(=O)n(C)c(=O)n(C)c3c2C(c2ccc(Cl)o2)S1. The number of aryl methyl sites for hydroxylation is 1.